The van der Waals surface area contributed by atoms with E-state index in [9.17, 15) is 0 Å². The van der Waals surface area contributed by atoms with Gasteiger partial charge in [0, 0.05) is 37.0 Å². The third-order valence-corrected chi connectivity index (χ3v) is 3.06. The first kappa shape index (κ1) is 9.59. The quantitative estimate of drug-likeness (QED) is 0.785. The lowest BCUT2D eigenvalue weighted by Gasteiger charge is -2.24. The second-order valence-corrected chi connectivity index (χ2v) is 4.07. The van der Waals surface area contributed by atoms with Crippen molar-refractivity contribution < 1.29 is 4.74 Å². The van der Waals surface area contributed by atoms with Crippen molar-refractivity contribution in [2.45, 2.75) is 18.9 Å². The molecular weight excluding hydrogens is 204 g/mol. The van der Waals surface area contributed by atoms with E-state index in [4.69, 9.17) is 10.5 Å². The summed E-state index contributed by atoms with van der Waals surface area (Å²) >= 11 is 0. The highest BCUT2D eigenvalue weighted by atomic mass is 16.5. The Labute approximate surface area is 93.2 Å². The van der Waals surface area contributed by atoms with Crippen LogP contribution in [0.4, 0.5) is 5.95 Å². The predicted molar refractivity (Wildman–Crippen MR) is 61.0 cm³/mol. The van der Waals surface area contributed by atoms with Crippen molar-refractivity contribution in [3.8, 4) is 0 Å². The molecule has 0 unspecified atom stereocenters. The minimum Gasteiger partial charge on any atom is -0.381 e. The van der Waals surface area contributed by atoms with E-state index < -0.39 is 0 Å². The maximum absolute atomic E-state index is 5.62. The summed E-state index contributed by atoms with van der Waals surface area (Å²) in [5.74, 6) is 0.333. The molecule has 0 saturated carbocycles. The average Bonchev–Trinajstić information content (AvgIpc) is 2.73. The normalized spacial score (nSPS) is 18.0. The fourth-order valence-corrected chi connectivity index (χ4v) is 2.21. The lowest BCUT2D eigenvalue weighted by molar-refractivity contribution is 0.0706. The van der Waals surface area contributed by atoms with Crippen molar-refractivity contribution in [3.05, 3.63) is 18.5 Å². The molecule has 2 N–H and O–H groups in total. The van der Waals surface area contributed by atoms with Gasteiger partial charge in [0.2, 0.25) is 5.95 Å². The highest BCUT2D eigenvalue weighted by Gasteiger charge is 2.17. The molecule has 2 aromatic rings. The van der Waals surface area contributed by atoms with Crippen molar-refractivity contribution >= 4 is 17.0 Å². The molecule has 1 aliphatic heterocycles. The molecule has 3 heterocycles. The zero-order chi connectivity index (χ0) is 11.0. The van der Waals surface area contributed by atoms with E-state index in [1.54, 1.807) is 6.20 Å². The van der Waals surface area contributed by atoms with Crippen LogP contribution in [0.5, 0.6) is 0 Å². The molecule has 2 aromatic heterocycles. The van der Waals surface area contributed by atoms with Gasteiger partial charge in [-0.3, -0.25) is 0 Å². The van der Waals surface area contributed by atoms with Crippen molar-refractivity contribution in [3.63, 3.8) is 0 Å². The summed E-state index contributed by atoms with van der Waals surface area (Å²) < 4.78 is 7.55. The number of rotatable bonds is 1. The number of fused-ring (bicyclic) bond motifs is 1. The predicted octanol–water partition coefficient (Wildman–Crippen LogP) is 1.36. The minimum atomic E-state index is 0.333. The van der Waals surface area contributed by atoms with Gasteiger partial charge >= 0.3 is 0 Å². The zero-order valence-electron chi connectivity index (χ0n) is 8.97. The number of hydrogen-bond acceptors (Lipinski definition) is 4. The van der Waals surface area contributed by atoms with E-state index in [1.165, 1.54) is 0 Å². The number of hydrogen-bond donors (Lipinski definition) is 1. The summed E-state index contributed by atoms with van der Waals surface area (Å²) in [7, 11) is 0. The van der Waals surface area contributed by atoms with E-state index in [2.05, 4.69) is 20.7 Å². The van der Waals surface area contributed by atoms with Gasteiger partial charge in [-0.25, -0.2) is 4.98 Å². The van der Waals surface area contributed by atoms with Gasteiger partial charge in [0.05, 0.1) is 0 Å². The second-order valence-electron chi connectivity index (χ2n) is 4.07. The van der Waals surface area contributed by atoms with Crippen LogP contribution in [0.15, 0.2) is 18.5 Å². The smallest absolute Gasteiger partial charge is 0.221 e. The molecule has 0 radical (unpaired) electrons. The van der Waals surface area contributed by atoms with Crippen LogP contribution < -0.4 is 5.73 Å². The molecule has 0 aliphatic carbocycles. The third-order valence-electron chi connectivity index (χ3n) is 3.06. The SMILES string of the molecule is Nc1ncc2ccn(C3CCOCC3)c2n1. The van der Waals surface area contributed by atoms with Gasteiger partial charge in [0.15, 0.2) is 0 Å². The van der Waals surface area contributed by atoms with E-state index in [1.807, 2.05) is 6.07 Å². The van der Waals surface area contributed by atoms with Gasteiger partial charge in [-0.05, 0) is 18.9 Å². The third kappa shape index (κ3) is 1.53. The van der Waals surface area contributed by atoms with E-state index in [0.717, 1.165) is 37.1 Å². The van der Waals surface area contributed by atoms with Crippen LogP contribution in [0.1, 0.15) is 18.9 Å². The summed E-state index contributed by atoms with van der Waals surface area (Å²) in [6.07, 6.45) is 5.91. The van der Waals surface area contributed by atoms with Crippen LogP contribution in [0.2, 0.25) is 0 Å². The first-order chi connectivity index (χ1) is 7.84. The van der Waals surface area contributed by atoms with Crippen LogP contribution in [0, 0.1) is 0 Å². The maximum Gasteiger partial charge on any atom is 0.221 e. The van der Waals surface area contributed by atoms with Crippen LogP contribution in [-0.4, -0.2) is 27.7 Å². The Morgan fingerprint density at radius 2 is 2.19 bits per heavy atom. The molecule has 1 saturated heterocycles. The topological polar surface area (TPSA) is 66.0 Å². The van der Waals surface area contributed by atoms with Gasteiger partial charge in [0.1, 0.15) is 5.65 Å². The van der Waals surface area contributed by atoms with Crippen LogP contribution >= 0.6 is 0 Å². The highest BCUT2D eigenvalue weighted by molar-refractivity contribution is 5.76. The first-order valence-corrected chi connectivity index (χ1v) is 5.51. The van der Waals surface area contributed by atoms with Crippen molar-refractivity contribution in [2.75, 3.05) is 18.9 Å². The monoisotopic (exact) mass is 218 g/mol. The molecule has 1 aliphatic rings. The Kier molecular flexibility index (Phi) is 2.25. The molecule has 0 atom stereocenters. The van der Waals surface area contributed by atoms with Gasteiger partial charge in [0.25, 0.3) is 0 Å². The Balaban J connectivity index is 2.05. The van der Waals surface area contributed by atoms with Crippen LogP contribution in [-0.2, 0) is 4.74 Å². The van der Waals surface area contributed by atoms with Gasteiger partial charge in [-0.2, -0.15) is 4.98 Å². The number of nitrogens with zero attached hydrogens (tertiary/aromatic N) is 3. The Bertz CT molecular complexity index is 502. The molecule has 16 heavy (non-hydrogen) atoms. The fourth-order valence-electron chi connectivity index (χ4n) is 2.21. The molecule has 1 fully saturated rings. The highest BCUT2D eigenvalue weighted by Crippen LogP contribution is 2.25. The van der Waals surface area contributed by atoms with Gasteiger partial charge < -0.3 is 15.0 Å². The van der Waals surface area contributed by atoms with Crippen molar-refractivity contribution in [1.82, 2.24) is 14.5 Å². The summed E-state index contributed by atoms with van der Waals surface area (Å²) in [5.41, 5.74) is 6.55. The molecule has 3 rings (SSSR count). The number of ether oxygens (including phenoxy) is 1. The maximum atomic E-state index is 5.62. The van der Waals surface area contributed by atoms with E-state index in [0.29, 0.717) is 12.0 Å². The van der Waals surface area contributed by atoms with E-state index in [-0.39, 0.29) is 0 Å². The number of nitrogens with two attached hydrogens (primary N) is 1. The molecule has 0 bridgehead atoms. The van der Waals surface area contributed by atoms with Gasteiger partial charge in [-0.15, -0.1) is 0 Å². The molecule has 0 amide bonds. The molecular formula is C11H14N4O. The zero-order valence-corrected chi connectivity index (χ0v) is 8.97. The Morgan fingerprint density at radius 3 is 3.00 bits per heavy atom. The Hall–Kier alpha value is -1.62. The number of aromatic nitrogens is 3. The van der Waals surface area contributed by atoms with Gasteiger partial charge in [-0.1, -0.05) is 0 Å². The second kappa shape index (κ2) is 3.75. The summed E-state index contributed by atoms with van der Waals surface area (Å²) in [6, 6.07) is 2.50. The number of nitrogen functional groups attached to an aromatic ring is 1. The molecule has 84 valence electrons. The van der Waals surface area contributed by atoms with Crippen molar-refractivity contribution in [2.24, 2.45) is 0 Å². The standard InChI is InChI=1S/C11H14N4O/c12-11-13-7-8-1-4-15(10(8)14-11)9-2-5-16-6-3-9/h1,4,7,9H,2-3,5-6H2,(H2,12,13,14). The van der Waals surface area contributed by atoms with Crippen LogP contribution in [0.25, 0.3) is 11.0 Å². The first-order valence-electron chi connectivity index (χ1n) is 5.51. The number of anilines is 1. The largest absolute Gasteiger partial charge is 0.381 e. The summed E-state index contributed by atoms with van der Waals surface area (Å²) in [5, 5.41) is 1.04. The Morgan fingerprint density at radius 1 is 1.38 bits per heavy atom. The van der Waals surface area contributed by atoms with Crippen LogP contribution in [0.3, 0.4) is 0 Å². The molecule has 5 nitrogen and oxygen atoms in total. The minimum absolute atomic E-state index is 0.333. The lowest BCUT2D eigenvalue weighted by Crippen LogP contribution is -2.19. The molecule has 0 aromatic carbocycles. The molecule has 5 heteroatoms. The summed E-state index contributed by atoms with van der Waals surface area (Å²) in [4.78, 5) is 8.29. The molecule has 0 spiro atoms. The summed E-state index contributed by atoms with van der Waals surface area (Å²) in [6.45, 7) is 1.65. The van der Waals surface area contributed by atoms with E-state index >= 15 is 0 Å². The average molecular weight is 218 g/mol. The lowest BCUT2D eigenvalue weighted by atomic mass is 10.1. The fraction of sp³-hybridized carbons (Fsp3) is 0.455. The van der Waals surface area contributed by atoms with Crippen molar-refractivity contribution in [1.29, 1.82) is 0 Å².